The Morgan fingerprint density at radius 3 is 2.55 bits per heavy atom. The first-order chi connectivity index (χ1) is 16.2. The van der Waals surface area contributed by atoms with Gasteiger partial charge >= 0.3 is 0 Å². The number of benzene rings is 2. The van der Waals surface area contributed by atoms with Gasteiger partial charge in [0.25, 0.3) is 0 Å². The topological polar surface area (TPSA) is 58.1 Å². The summed E-state index contributed by atoms with van der Waals surface area (Å²) in [4.78, 5) is 24.9. The lowest BCUT2D eigenvalue weighted by Crippen LogP contribution is -2.32. The molecule has 5 nitrogen and oxygen atoms in total. The van der Waals surface area contributed by atoms with Crippen LogP contribution in [0.3, 0.4) is 0 Å². The van der Waals surface area contributed by atoms with Crippen molar-refractivity contribution in [1.29, 1.82) is 0 Å². The van der Waals surface area contributed by atoms with Crippen LogP contribution in [0.4, 0.5) is 5.95 Å². The van der Waals surface area contributed by atoms with Crippen LogP contribution in [-0.4, -0.2) is 27.3 Å². The minimum atomic E-state index is 0.0428. The smallest absolute Gasteiger partial charge is 0.230 e. The zero-order valence-corrected chi connectivity index (χ0v) is 19.5. The number of halogens is 1. The molecule has 1 saturated carbocycles. The standard InChI is InChI=1S/C27H29ClN4O/c28-23-14-8-7-13-21(23)25-22-18-32(17-19-9-3-1-4-10-19)16-15-24(22)29-27(30-25)31-26(33)20-11-5-2-6-12-20/h1,3-4,7-10,13-14,20H,2,5-6,11-12,15-18H2,(H,29,30,31,33). The normalized spacial score (nSPS) is 16.9. The summed E-state index contributed by atoms with van der Waals surface area (Å²) in [6.45, 7) is 2.54. The summed E-state index contributed by atoms with van der Waals surface area (Å²) in [6, 6.07) is 18.3. The summed E-state index contributed by atoms with van der Waals surface area (Å²) in [5, 5.41) is 3.68. The van der Waals surface area contributed by atoms with Gasteiger partial charge in [-0.1, -0.05) is 79.4 Å². The van der Waals surface area contributed by atoms with Crippen molar-refractivity contribution >= 4 is 23.5 Å². The van der Waals surface area contributed by atoms with Gasteiger partial charge in [-0.2, -0.15) is 0 Å². The van der Waals surface area contributed by atoms with Crippen LogP contribution < -0.4 is 5.32 Å². The number of hydrogen-bond acceptors (Lipinski definition) is 4. The molecule has 5 rings (SSSR count). The van der Waals surface area contributed by atoms with Crippen LogP contribution in [0.25, 0.3) is 11.3 Å². The second kappa shape index (κ2) is 10.0. The average Bonchev–Trinajstić information content (AvgIpc) is 2.85. The minimum absolute atomic E-state index is 0.0428. The Balaban J connectivity index is 1.46. The monoisotopic (exact) mass is 460 g/mol. The Labute approximate surface area is 200 Å². The van der Waals surface area contributed by atoms with Gasteiger partial charge in [-0.05, 0) is 24.5 Å². The van der Waals surface area contributed by atoms with Gasteiger partial charge in [-0.25, -0.2) is 9.97 Å². The molecule has 2 aliphatic rings. The first-order valence-electron chi connectivity index (χ1n) is 11.9. The van der Waals surface area contributed by atoms with E-state index in [4.69, 9.17) is 21.6 Å². The zero-order chi connectivity index (χ0) is 22.6. The van der Waals surface area contributed by atoms with E-state index < -0.39 is 0 Å². The van der Waals surface area contributed by atoms with E-state index >= 15 is 0 Å². The molecule has 3 aromatic rings. The van der Waals surface area contributed by atoms with E-state index in [1.54, 1.807) is 0 Å². The Morgan fingerprint density at radius 2 is 1.76 bits per heavy atom. The molecule has 0 radical (unpaired) electrons. The molecular formula is C27H29ClN4O. The second-order valence-corrected chi connectivity index (χ2v) is 9.48. The number of nitrogens with zero attached hydrogens (tertiary/aromatic N) is 3. The first kappa shape index (κ1) is 22.1. The van der Waals surface area contributed by atoms with Gasteiger partial charge in [-0.3, -0.25) is 15.0 Å². The molecule has 2 aromatic carbocycles. The van der Waals surface area contributed by atoms with Crippen molar-refractivity contribution < 1.29 is 4.79 Å². The highest BCUT2D eigenvalue weighted by molar-refractivity contribution is 6.33. The predicted molar refractivity (Wildman–Crippen MR) is 132 cm³/mol. The Bertz CT molecular complexity index is 1130. The molecular weight excluding hydrogens is 432 g/mol. The SMILES string of the molecule is O=C(Nc1nc2c(c(-c3ccccc3Cl)n1)CN(Cc1ccccc1)CC2)C1CCCCC1. The minimum Gasteiger partial charge on any atom is -0.294 e. The Hall–Kier alpha value is -2.76. The fourth-order valence-corrected chi connectivity index (χ4v) is 5.18. The van der Waals surface area contributed by atoms with Crippen LogP contribution in [0.2, 0.25) is 5.02 Å². The summed E-state index contributed by atoms with van der Waals surface area (Å²) in [5.74, 6) is 0.500. The lowest BCUT2D eigenvalue weighted by atomic mass is 9.89. The molecule has 0 atom stereocenters. The maximum atomic E-state index is 12.9. The fourth-order valence-electron chi connectivity index (χ4n) is 4.96. The van der Waals surface area contributed by atoms with Gasteiger partial charge in [0.2, 0.25) is 11.9 Å². The number of nitrogens with one attached hydrogen (secondary N) is 1. The van der Waals surface area contributed by atoms with E-state index in [-0.39, 0.29) is 11.8 Å². The number of carbonyl (C=O) groups excluding carboxylic acids is 1. The Kier molecular flexibility index (Phi) is 6.70. The maximum Gasteiger partial charge on any atom is 0.230 e. The van der Waals surface area contributed by atoms with Crippen LogP contribution >= 0.6 is 11.6 Å². The number of anilines is 1. The molecule has 0 bridgehead atoms. The van der Waals surface area contributed by atoms with Gasteiger partial charge in [0, 0.05) is 48.1 Å². The quantitative estimate of drug-likeness (QED) is 0.517. The molecule has 1 N–H and O–H groups in total. The highest BCUT2D eigenvalue weighted by atomic mass is 35.5. The van der Waals surface area contributed by atoms with E-state index in [0.717, 1.165) is 74.3 Å². The van der Waals surface area contributed by atoms with Crippen LogP contribution in [0, 0.1) is 5.92 Å². The number of fused-ring (bicyclic) bond motifs is 1. The van der Waals surface area contributed by atoms with Crippen molar-refractivity contribution in [3.8, 4) is 11.3 Å². The summed E-state index contributed by atoms with van der Waals surface area (Å²) < 4.78 is 0. The molecule has 1 aliphatic heterocycles. The Morgan fingerprint density at radius 1 is 1.00 bits per heavy atom. The third-order valence-corrected chi connectivity index (χ3v) is 7.06. The third-order valence-electron chi connectivity index (χ3n) is 6.73. The van der Waals surface area contributed by atoms with Crippen LogP contribution in [-0.2, 0) is 24.3 Å². The van der Waals surface area contributed by atoms with Crippen molar-refractivity contribution in [2.75, 3.05) is 11.9 Å². The first-order valence-corrected chi connectivity index (χ1v) is 12.3. The number of carbonyl (C=O) groups is 1. The number of aromatic nitrogens is 2. The van der Waals surface area contributed by atoms with Crippen LogP contribution in [0.1, 0.15) is 48.9 Å². The lowest BCUT2D eigenvalue weighted by molar-refractivity contribution is -0.120. The highest BCUT2D eigenvalue weighted by Crippen LogP contribution is 2.34. The summed E-state index contributed by atoms with van der Waals surface area (Å²) in [5.41, 5.74) is 5.09. The van der Waals surface area contributed by atoms with Gasteiger partial charge in [0.05, 0.1) is 11.4 Å². The predicted octanol–water partition coefficient (Wildman–Crippen LogP) is 5.87. The molecule has 0 unspecified atom stereocenters. The molecule has 1 amide bonds. The number of hydrogen-bond donors (Lipinski definition) is 1. The van der Waals surface area contributed by atoms with Crippen LogP contribution in [0.15, 0.2) is 54.6 Å². The number of rotatable bonds is 5. The molecule has 33 heavy (non-hydrogen) atoms. The largest absolute Gasteiger partial charge is 0.294 e. The van der Waals surface area contributed by atoms with E-state index in [1.165, 1.54) is 12.0 Å². The van der Waals surface area contributed by atoms with Crippen molar-refractivity contribution in [1.82, 2.24) is 14.9 Å². The van der Waals surface area contributed by atoms with E-state index in [1.807, 2.05) is 30.3 Å². The molecule has 1 aromatic heterocycles. The van der Waals surface area contributed by atoms with Gasteiger partial charge in [-0.15, -0.1) is 0 Å². The molecule has 2 heterocycles. The van der Waals surface area contributed by atoms with E-state index in [9.17, 15) is 4.79 Å². The van der Waals surface area contributed by atoms with Crippen molar-refractivity contribution in [3.63, 3.8) is 0 Å². The van der Waals surface area contributed by atoms with Crippen LogP contribution in [0.5, 0.6) is 0 Å². The zero-order valence-electron chi connectivity index (χ0n) is 18.8. The molecule has 6 heteroatoms. The van der Waals surface area contributed by atoms with E-state index in [0.29, 0.717) is 11.0 Å². The van der Waals surface area contributed by atoms with Crippen molar-refractivity contribution in [2.24, 2.45) is 5.92 Å². The van der Waals surface area contributed by atoms with Crippen molar-refractivity contribution in [3.05, 3.63) is 76.4 Å². The molecule has 1 fully saturated rings. The number of amides is 1. The molecule has 0 spiro atoms. The summed E-state index contributed by atoms with van der Waals surface area (Å²) >= 11 is 6.59. The van der Waals surface area contributed by atoms with Crippen molar-refractivity contribution in [2.45, 2.75) is 51.6 Å². The van der Waals surface area contributed by atoms with Gasteiger partial charge in [0.15, 0.2) is 0 Å². The molecule has 170 valence electrons. The highest BCUT2D eigenvalue weighted by Gasteiger charge is 2.26. The van der Waals surface area contributed by atoms with Gasteiger partial charge < -0.3 is 0 Å². The summed E-state index contributed by atoms with van der Waals surface area (Å²) in [7, 11) is 0. The average molecular weight is 461 g/mol. The summed E-state index contributed by atoms with van der Waals surface area (Å²) in [6.07, 6.45) is 6.16. The maximum absolute atomic E-state index is 12.9. The fraction of sp³-hybridized carbons (Fsp3) is 0.370. The molecule has 0 saturated heterocycles. The lowest BCUT2D eigenvalue weighted by Gasteiger charge is -2.30. The third kappa shape index (κ3) is 5.10. The second-order valence-electron chi connectivity index (χ2n) is 9.07. The van der Waals surface area contributed by atoms with Gasteiger partial charge in [0.1, 0.15) is 0 Å². The molecule has 1 aliphatic carbocycles. The van der Waals surface area contributed by atoms with E-state index in [2.05, 4.69) is 34.5 Å².